The second kappa shape index (κ2) is 9.77. The van der Waals surface area contributed by atoms with Crippen molar-refractivity contribution in [1.29, 1.82) is 0 Å². The zero-order chi connectivity index (χ0) is 23.6. The molecule has 1 aromatic carbocycles. The van der Waals surface area contributed by atoms with Crippen LogP contribution in [0, 0.1) is 5.82 Å². The van der Waals surface area contributed by atoms with Crippen LogP contribution in [0.1, 0.15) is 31.0 Å². The molecule has 10 nitrogen and oxygen atoms in total. The molecule has 2 amide bonds. The minimum Gasteiger partial charge on any atom is -0.370 e. The Labute approximate surface area is 195 Å². The molecular formula is C20H25FN6O4S2. The highest BCUT2D eigenvalue weighted by Gasteiger charge is 2.32. The van der Waals surface area contributed by atoms with Gasteiger partial charge < -0.3 is 15.2 Å². The Hall–Kier alpha value is -2.51. The molecule has 0 unspecified atom stereocenters. The van der Waals surface area contributed by atoms with Gasteiger partial charge in [0.1, 0.15) is 11.6 Å². The highest BCUT2D eigenvalue weighted by atomic mass is 32.2. The van der Waals surface area contributed by atoms with E-state index in [2.05, 4.69) is 10.2 Å². The maximum Gasteiger partial charge on any atom is 0.243 e. The van der Waals surface area contributed by atoms with Gasteiger partial charge in [0, 0.05) is 45.1 Å². The monoisotopic (exact) mass is 496 g/mol. The number of aromatic nitrogens is 3. The van der Waals surface area contributed by atoms with Crippen molar-refractivity contribution in [2.75, 3.05) is 31.9 Å². The van der Waals surface area contributed by atoms with Crippen molar-refractivity contribution in [3.8, 4) is 0 Å². The van der Waals surface area contributed by atoms with Gasteiger partial charge >= 0.3 is 0 Å². The van der Waals surface area contributed by atoms with Gasteiger partial charge in [-0.15, -0.1) is 10.2 Å². The Morgan fingerprint density at radius 1 is 1.15 bits per heavy atom. The third kappa shape index (κ3) is 5.53. The molecule has 2 aliphatic rings. The molecule has 33 heavy (non-hydrogen) atoms. The largest absolute Gasteiger partial charge is 0.370 e. The molecule has 13 heteroatoms. The molecule has 0 bridgehead atoms. The number of benzene rings is 1. The standard InChI is InChI=1S/C20H25FN6O4S2/c21-15-2-1-3-16(12-15)33(30,31)26-10-8-25(9-11-26)18(29)13-32-20-24-23-19(14-4-5-14)27(20)7-6-17(22)28/h1-3,12,14H,4-11,13H2,(H2,22,28). The predicted octanol–water partition coefficient (Wildman–Crippen LogP) is 0.795. The van der Waals surface area contributed by atoms with Gasteiger partial charge in [-0.1, -0.05) is 17.8 Å². The molecule has 2 fully saturated rings. The number of halogens is 1. The van der Waals surface area contributed by atoms with Gasteiger partial charge in [0.25, 0.3) is 0 Å². The highest BCUT2D eigenvalue weighted by Crippen LogP contribution is 2.40. The van der Waals surface area contributed by atoms with Gasteiger partial charge in [-0.2, -0.15) is 4.31 Å². The summed E-state index contributed by atoms with van der Waals surface area (Å²) in [6, 6.07) is 4.90. The number of sulfonamides is 1. The van der Waals surface area contributed by atoms with Gasteiger partial charge in [0.2, 0.25) is 21.8 Å². The molecule has 1 aliphatic carbocycles. The normalized spacial score (nSPS) is 17.3. The summed E-state index contributed by atoms with van der Waals surface area (Å²) in [4.78, 5) is 25.5. The first-order valence-electron chi connectivity index (χ1n) is 10.6. The van der Waals surface area contributed by atoms with Crippen LogP contribution >= 0.6 is 11.8 Å². The molecule has 1 saturated carbocycles. The molecule has 178 valence electrons. The number of carbonyl (C=O) groups is 2. The lowest BCUT2D eigenvalue weighted by Crippen LogP contribution is -2.51. The van der Waals surface area contributed by atoms with Crippen molar-refractivity contribution in [2.24, 2.45) is 5.73 Å². The van der Waals surface area contributed by atoms with E-state index in [-0.39, 0.29) is 49.2 Å². The second-order valence-electron chi connectivity index (χ2n) is 8.01. The van der Waals surface area contributed by atoms with Crippen LogP contribution in [0.15, 0.2) is 34.3 Å². The number of hydrogen-bond acceptors (Lipinski definition) is 7. The van der Waals surface area contributed by atoms with Crippen LogP contribution in [0.2, 0.25) is 0 Å². The van der Waals surface area contributed by atoms with E-state index in [1.165, 1.54) is 34.3 Å². The second-order valence-corrected chi connectivity index (χ2v) is 10.9. The van der Waals surface area contributed by atoms with Gasteiger partial charge in [-0.25, -0.2) is 12.8 Å². The lowest BCUT2D eigenvalue weighted by atomic mass is 10.3. The third-order valence-corrected chi connectivity index (χ3v) is 8.47. The molecule has 2 heterocycles. The van der Waals surface area contributed by atoms with E-state index in [0.29, 0.717) is 17.6 Å². The molecule has 0 radical (unpaired) electrons. The minimum absolute atomic E-state index is 0.0976. The van der Waals surface area contributed by atoms with Crippen molar-refractivity contribution < 1.29 is 22.4 Å². The van der Waals surface area contributed by atoms with Crippen molar-refractivity contribution in [3.05, 3.63) is 35.9 Å². The fourth-order valence-electron chi connectivity index (χ4n) is 3.65. The van der Waals surface area contributed by atoms with Gasteiger partial charge in [-0.3, -0.25) is 9.59 Å². The van der Waals surface area contributed by atoms with E-state index in [0.717, 1.165) is 24.7 Å². The lowest BCUT2D eigenvalue weighted by molar-refractivity contribution is -0.129. The van der Waals surface area contributed by atoms with E-state index in [4.69, 9.17) is 5.73 Å². The van der Waals surface area contributed by atoms with E-state index in [9.17, 15) is 22.4 Å². The number of thioether (sulfide) groups is 1. The Bertz CT molecular complexity index is 1140. The number of amides is 2. The molecule has 0 spiro atoms. The molecule has 4 rings (SSSR count). The summed E-state index contributed by atoms with van der Waals surface area (Å²) in [7, 11) is -3.82. The molecule has 2 N–H and O–H groups in total. The SMILES string of the molecule is NC(=O)CCn1c(SCC(=O)N2CCN(S(=O)(=O)c3cccc(F)c3)CC2)nnc1C1CC1. The Morgan fingerprint density at radius 2 is 1.88 bits per heavy atom. The maximum atomic E-state index is 13.5. The van der Waals surface area contributed by atoms with E-state index in [1.807, 2.05) is 4.57 Å². The number of piperazine rings is 1. The fraction of sp³-hybridized carbons (Fsp3) is 0.500. The lowest BCUT2D eigenvalue weighted by Gasteiger charge is -2.34. The number of rotatable bonds is 9. The average molecular weight is 497 g/mol. The first kappa shape index (κ1) is 23.6. The smallest absolute Gasteiger partial charge is 0.243 e. The fourth-order valence-corrected chi connectivity index (χ4v) is 5.98. The number of primary amides is 1. The van der Waals surface area contributed by atoms with Crippen molar-refractivity contribution >= 4 is 33.6 Å². The average Bonchev–Trinajstić information content (AvgIpc) is 3.56. The topological polar surface area (TPSA) is 131 Å². The summed E-state index contributed by atoms with van der Waals surface area (Å²) in [5, 5.41) is 8.99. The predicted molar refractivity (Wildman–Crippen MR) is 118 cm³/mol. The van der Waals surface area contributed by atoms with Crippen molar-refractivity contribution in [3.63, 3.8) is 0 Å². The Balaban J connectivity index is 1.33. The molecule has 0 atom stereocenters. The summed E-state index contributed by atoms with van der Waals surface area (Å²) in [6.45, 7) is 1.14. The van der Waals surface area contributed by atoms with E-state index in [1.54, 1.807) is 4.90 Å². The Kier molecular flexibility index (Phi) is 7.00. The van der Waals surface area contributed by atoms with Crippen molar-refractivity contribution in [1.82, 2.24) is 24.0 Å². The first-order chi connectivity index (χ1) is 15.8. The summed E-state index contributed by atoms with van der Waals surface area (Å²) in [5.74, 6) is 0.112. The number of hydrogen-bond donors (Lipinski definition) is 1. The summed E-state index contributed by atoms with van der Waals surface area (Å²) < 4.78 is 42.1. The third-order valence-electron chi connectivity index (χ3n) is 5.62. The highest BCUT2D eigenvalue weighted by molar-refractivity contribution is 7.99. The van der Waals surface area contributed by atoms with Gasteiger partial charge in [0.15, 0.2) is 5.16 Å². The summed E-state index contributed by atoms with van der Waals surface area (Å²) in [6.07, 6.45) is 2.23. The minimum atomic E-state index is -3.82. The van der Waals surface area contributed by atoms with Crippen LogP contribution in [0.3, 0.4) is 0 Å². The zero-order valence-corrected chi connectivity index (χ0v) is 19.5. The summed E-state index contributed by atoms with van der Waals surface area (Å²) >= 11 is 1.24. The van der Waals surface area contributed by atoms with Crippen molar-refractivity contribution in [2.45, 2.75) is 41.8 Å². The first-order valence-corrected chi connectivity index (χ1v) is 13.1. The van der Waals surface area contributed by atoms with Crippen LogP contribution in [-0.4, -0.2) is 76.1 Å². The van der Waals surface area contributed by atoms with Gasteiger partial charge in [0.05, 0.1) is 10.6 Å². The number of nitrogens with zero attached hydrogens (tertiary/aromatic N) is 5. The Morgan fingerprint density at radius 3 is 2.52 bits per heavy atom. The summed E-state index contributed by atoms with van der Waals surface area (Å²) in [5.41, 5.74) is 5.28. The number of nitrogens with two attached hydrogens (primary N) is 1. The van der Waals surface area contributed by atoms with Gasteiger partial charge in [-0.05, 0) is 31.0 Å². The molecular weight excluding hydrogens is 471 g/mol. The van der Waals surface area contributed by atoms with Crippen LogP contribution in [-0.2, 0) is 26.2 Å². The molecule has 2 aromatic rings. The molecule has 1 saturated heterocycles. The molecule has 1 aromatic heterocycles. The van der Waals surface area contributed by atoms with E-state index >= 15 is 0 Å². The zero-order valence-electron chi connectivity index (χ0n) is 17.9. The van der Waals surface area contributed by atoms with Crippen LogP contribution < -0.4 is 5.73 Å². The quantitative estimate of drug-likeness (QED) is 0.508. The van der Waals surface area contributed by atoms with Crippen LogP contribution in [0.25, 0.3) is 0 Å². The number of carbonyl (C=O) groups excluding carboxylic acids is 2. The maximum absolute atomic E-state index is 13.5. The van der Waals surface area contributed by atoms with Crippen LogP contribution in [0.5, 0.6) is 0 Å². The van der Waals surface area contributed by atoms with Crippen LogP contribution in [0.4, 0.5) is 4.39 Å². The molecule has 1 aliphatic heterocycles. The van der Waals surface area contributed by atoms with E-state index < -0.39 is 21.7 Å².